The molecule has 0 fully saturated rings. The van der Waals surface area contributed by atoms with E-state index >= 15 is 0 Å². The Balaban J connectivity index is 5.17. The summed E-state index contributed by atoms with van der Waals surface area (Å²) in [5, 5.41) is 10.5. The third-order valence-corrected chi connectivity index (χ3v) is 15.3. The van der Waals surface area contributed by atoms with Crippen molar-refractivity contribution in [3.63, 3.8) is 0 Å². The van der Waals surface area contributed by atoms with Crippen molar-refractivity contribution in [3.8, 4) is 0 Å². The van der Waals surface area contributed by atoms with E-state index < -0.39 is 97.5 Å². The van der Waals surface area contributed by atoms with Crippen LogP contribution in [-0.2, 0) is 65.4 Å². The van der Waals surface area contributed by atoms with Crippen LogP contribution in [0.15, 0.2) is 0 Å². The molecule has 0 spiro atoms. The number of hydrogen-bond acceptors (Lipinski definition) is 15. The Bertz CT molecular complexity index is 1500. The van der Waals surface area contributed by atoms with Gasteiger partial charge in [-0.2, -0.15) is 0 Å². The van der Waals surface area contributed by atoms with Crippen molar-refractivity contribution in [2.24, 2.45) is 5.92 Å². The van der Waals surface area contributed by atoms with E-state index in [2.05, 4.69) is 34.6 Å². The Labute approximate surface area is 460 Å². The molecular weight excluding hydrogens is 1020 g/mol. The third-order valence-electron chi connectivity index (χ3n) is 13.4. The zero-order chi connectivity index (χ0) is 56.4. The van der Waals surface area contributed by atoms with Gasteiger partial charge >= 0.3 is 39.5 Å². The first-order valence-electron chi connectivity index (χ1n) is 30.2. The minimum Gasteiger partial charge on any atom is -0.462 e. The predicted octanol–water partition coefficient (Wildman–Crippen LogP) is 15.1. The second-order valence-electron chi connectivity index (χ2n) is 20.9. The predicted molar refractivity (Wildman–Crippen MR) is 298 cm³/mol. The van der Waals surface area contributed by atoms with Crippen molar-refractivity contribution in [3.05, 3.63) is 0 Å². The molecule has 3 unspecified atom stereocenters. The Morgan fingerprint density at radius 1 is 0.368 bits per heavy atom. The largest absolute Gasteiger partial charge is 0.472 e. The van der Waals surface area contributed by atoms with Gasteiger partial charge in [0.25, 0.3) is 0 Å². The van der Waals surface area contributed by atoms with Crippen molar-refractivity contribution in [1.82, 2.24) is 0 Å². The SMILES string of the molecule is CCCCCCCCCCCC(=O)OC[C@H](COP(=O)(O)OC[C@@H](O)COP(=O)(O)OC[C@@H](COC(=O)CCCCCCC)OC(=O)CCCCCCCCCC)OC(=O)CCCCCCCCCCCCC(C)CC. The van der Waals surface area contributed by atoms with Crippen molar-refractivity contribution in [1.29, 1.82) is 0 Å². The van der Waals surface area contributed by atoms with Crippen molar-refractivity contribution < 1.29 is 80.2 Å². The van der Waals surface area contributed by atoms with Gasteiger partial charge in [-0.25, -0.2) is 9.13 Å². The second-order valence-corrected chi connectivity index (χ2v) is 23.8. The quantitative estimate of drug-likeness (QED) is 0.0222. The number of hydrogen-bond donors (Lipinski definition) is 3. The van der Waals surface area contributed by atoms with Crippen LogP contribution >= 0.6 is 15.6 Å². The average molecular weight is 1130 g/mol. The van der Waals surface area contributed by atoms with E-state index in [1.165, 1.54) is 89.9 Å². The first-order chi connectivity index (χ1) is 36.6. The normalized spacial score (nSPS) is 14.8. The molecule has 450 valence electrons. The van der Waals surface area contributed by atoms with Gasteiger partial charge in [0, 0.05) is 25.7 Å². The highest BCUT2D eigenvalue weighted by molar-refractivity contribution is 7.47. The first-order valence-corrected chi connectivity index (χ1v) is 33.2. The summed E-state index contributed by atoms with van der Waals surface area (Å²) >= 11 is 0. The van der Waals surface area contributed by atoms with E-state index in [-0.39, 0.29) is 25.7 Å². The summed E-state index contributed by atoms with van der Waals surface area (Å²) in [7, 11) is -9.86. The molecule has 0 amide bonds. The number of esters is 4. The van der Waals surface area contributed by atoms with E-state index in [9.17, 15) is 43.2 Å². The molecule has 6 atom stereocenters. The summed E-state index contributed by atoms with van der Waals surface area (Å²) in [6, 6.07) is 0. The summed E-state index contributed by atoms with van der Waals surface area (Å²) < 4.78 is 67.4. The molecule has 0 aliphatic rings. The standard InChI is InChI=1S/C57H110O17P2/c1-6-10-13-16-18-22-27-31-36-41-55(60)68-47-53(74-57(62)43-38-33-28-24-21-20-23-25-30-34-39-50(5)9-4)49-72-76(65,66)70-45-51(58)44-69-75(63,64)71-48-52(46-67-54(59)40-35-29-15-12-8-3)73-56(61)42-37-32-26-19-17-14-11-7-2/h50-53,58H,6-49H2,1-5H3,(H,63,64)(H,65,66)/t50?,51-,52+,53+/m0/s1. The van der Waals surface area contributed by atoms with Crippen LogP contribution in [0.25, 0.3) is 0 Å². The topological polar surface area (TPSA) is 237 Å². The van der Waals surface area contributed by atoms with Gasteiger partial charge in [-0.3, -0.25) is 37.3 Å². The van der Waals surface area contributed by atoms with Gasteiger partial charge in [0.05, 0.1) is 26.4 Å². The van der Waals surface area contributed by atoms with Crippen LogP contribution < -0.4 is 0 Å². The maximum atomic E-state index is 12.9. The van der Waals surface area contributed by atoms with Crippen molar-refractivity contribution >= 4 is 39.5 Å². The molecule has 0 saturated heterocycles. The van der Waals surface area contributed by atoms with Gasteiger partial charge < -0.3 is 33.8 Å². The van der Waals surface area contributed by atoms with E-state index in [1.807, 2.05) is 0 Å². The lowest BCUT2D eigenvalue weighted by Gasteiger charge is -2.21. The van der Waals surface area contributed by atoms with Gasteiger partial charge in [0.2, 0.25) is 0 Å². The van der Waals surface area contributed by atoms with E-state index in [4.69, 9.17) is 37.0 Å². The van der Waals surface area contributed by atoms with Gasteiger partial charge in [0.1, 0.15) is 19.3 Å². The van der Waals surface area contributed by atoms with E-state index in [0.29, 0.717) is 25.7 Å². The lowest BCUT2D eigenvalue weighted by molar-refractivity contribution is -0.161. The van der Waals surface area contributed by atoms with Crippen LogP contribution in [0.5, 0.6) is 0 Å². The Morgan fingerprint density at radius 2 is 0.632 bits per heavy atom. The number of phosphoric ester groups is 2. The summed E-state index contributed by atoms with van der Waals surface area (Å²) in [5.74, 6) is -1.35. The molecule has 0 aromatic heterocycles. The minimum absolute atomic E-state index is 0.104. The average Bonchev–Trinajstić information content (AvgIpc) is 3.39. The lowest BCUT2D eigenvalue weighted by Crippen LogP contribution is -2.30. The fraction of sp³-hybridized carbons (Fsp3) is 0.930. The molecule has 0 rings (SSSR count). The molecule has 0 radical (unpaired) electrons. The highest BCUT2D eigenvalue weighted by Gasteiger charge is 2.30. The molecule has 0 bridgehead atoms. The number of carbonyl (C=O) groups excluding carboxylic acids is 4. The molecule has 3 N–H and O–H groups in total. The fourth-order valence-electron chi connectivity index (χ4n) is 8.31. The summed E-state index contributed by atoms with van der Waals surface area (Å²) in [5.41, 5.74) is 0. The number of phosphoric acid groups is 2. The van der Waals surface area contributed by atoms with Crippen molar-refractivity contribution in [2.45, 2.75) is 297 Å². The lowest BCUT2D eigenvalue weighted by atomic mass is 9.99. The molecule has 0 aliphatic heterocycles. The number of rotatable bonds is 57. The number of aliphatic hydroxyl groups excluding tert-OH is 1. The second kappa shape index (κ2) is 51.2. The van der Waals surface area contributed by atoms with E-state index in [1.54, 1.807) is 0 Å². The molecule has 0 aliphatic carbocycles. The van der Waals surface area contributed by atoms with Crippen LogP contribution in [0.2, 0.25) is 0 Å². The van der Waals surface area contributed by atoms with Gasteiger partial charge in [0.15, 0.2) is 12.2 Å². The third kappa shape index (κ3) is 50.3. The van der Waals surface area contributed by atoms with E-state index in [0.717, 1.165) is 109 Å². The zero-order valence-electron chi connectivity index (χ0n) is 48.4. The number of ether oxygens (including phenoxy) is 4. The summed E-state index contributed by atoms with van der Waals surface area (Å²) in [6.45, 7) is 7.03. The minimum atomic E-state index is -4.93. The molecule has 0 aromatic carbocycles. The Hall–Kier alpha value is -1.94. The number of unbranched alkanes of at least 4 members (excludes halogenated alkanes) is 28. The molecule has 76 heavy (non-hydrogen) atoms. The van der Waals surface area contributed by atoms with Crippen LogP contribution in [0.4, 0.5) is 0 Å². The molecule has 0 saturated carbocycles. The molecular formula is C57H110O17P2. The Morgan fingerprint density at radius 3 is 0.934 bits per heavy atom. The van der Waals surface area contributed by atoms with Crippen LogP contribution in [0.1, 0.15) is 279 Å². The summed E-state index contributed by atoms with van der Waals surface area (Å²) in [4.78, 5) is 71.5. The van der Waals surface area contributed by atoms with Gasteiger partial charge in [-0.05, 0) is 31.6 Å². The summed E-state index contributed by atoms with van der Waals surface area (Å²) in [6.07, 6.45) is 32.4. The molecule has 17 nitrogen and oxygen atoms in total. The Kier molecular flexibility index (Phi) is 49.9. The molecule has 0 aromatic rings. The van der Waals surface area contributed by atoms with Crippen LogP contribution in [0.3, 0.4) is 0 Å². The van der Waals surface area contributed by atoms with Crippen LogP contribution in [0, 0.1) is 5.92 Å². The highest BCUT2D eigenvalue weighted by atomic mass is 31.2. The van der Waals surface area contributed by atoms with Crippen molar-refractivity contribution in [2.75, 3.05) is 39.6 Å². The maximum absolute atomic E-state index is 12.9. The molecule has 0 heterocycles. The number of carbonyl (C=O) groups is 4. The van der Waals surface area contributed by atoms with Gasteiger partial charge in [-0.15, -0.1) is 0 Å². The highest BCUT2D eigenvalue weighted by Crippen LogP contribution is 2.45. The fourth-order valence-corrected chi connectivity index (χ4v) is 9.89. The van der Waals surface area contributed by atoms with Gasteiger partial charge in [-0.1, -0.05) is 227 Å². The smallest absolute Gasteiger partial charge is 0.462 e. The molecule has 19 heteroatoms. The monoisotopic (exact) mass is 1130 g/mol. The zero-order valence-corrected chi connectivity index (χ0v) is 50.2. The number of aliphatic hydroxyl groups is 1. The van der Waals surface area contributed by atoms with Crippen LogP contribution in [-0.4, -0.2) is 96.7 Å². The first kappa shape index (κ1) is 74.1. The maximum Gasteiger partial charge on any atom is 0.472 e.